The summed E-state index contributed by atoms with van der Waals surface area (Å²) in [5, 5.41) is 15.3. The highest BCUT2D eigenvalue weighted by Crippen LogP contribution is 2.32. The quantitative estimate of drug-likeness (QED) is 0.813. The van der Waals surface area contributed by atoms with Crippen LogP contribution in [0.3, 0.4) is 0 Å². The summed E-state index contributed by atoms with van der Waals surface area (Å²) in [4.78, 5) is 16.1. The van der Waals surface area contributed by atoms with Gasteiger partial charge in [-0.3, -0.25) is 10.2 Å². The lowest BCUT2D eigenvalue weighted by molar-refractivity contribution is 0.00629. The molecule has 0 bridgehead atoms. The van der Waals surface area contributed by atoms with Crippen LogP contribution in [-0.4, -0.2) is 65.3 Å². The number of hydrogen-bond acceptors (Lipinski definition) is 6. The predicted molar refractivity (Wildman–Crippen MR) is 101 cm³/mol. The molecule has 0 unspecified atom stereocenters. The van der Waals surface area contributed by atoms with Crippen LogP contribution >= 0.6 is 11.3 Å². The van der Waals surface area contributed by atoms with Crippen LogP contribution in [0.4, 0.5) is 23.8 Å². The van der Waals surface area contributed by atoms with Crippen molar-refractivity contribution in [2.45, 2.75) is 63.0 Å². The molecule has 0 radical (unpaired) electrons. The summed E-state index contributed by atoms with van der Waals surface area (Å²) in [6.45, 7) is 1.92. The minimum Gasteiger partial charge on any atom is -0.346 e. The van der Waals surface area contributed by atoms with E-state index in [0.29, 0.717) is 11.7 Å². The number of alkyl halides is 2. The van der Waals surface area contributed by atoms with E-state index in [0.717, 1.165) is 43.9 Å². The monoisotopic (exact) mass is 400 g/mol. The zero-order valence-electron chi connectivity index (χ0n) is 15.3. The minimum absolute atomic E-state index is 0.0262. The summed E-state index contributed by atoms with van der Waals surface area (Å²) in [5.74, 6) is -2.53. The van der Waals surface area contributed by atoms with Gasteiger partial charge in [-0.1, -0.05) is 24.2 Å². The number of aromatic nitrogens is 2. The molecular formula is C17H26F2N6OS. The average Bonchev–Trinajstić information content (AvgIpc) is 3.37. The molecule has 1 saturated carbocycles. The first kappa shape index (κ1) is 18.8. The molecule has 7 nitrogen and oxygen atoms in total. The van der Waals surface area contributed by atoms with Crippen molar-refractivity contribution in [2.24, 2.45) is 0 Å². The summed E-state index contributed by atoms with van der Waals surface area (Å²) in [6, 6.07) is 0.255. The molecule has 3 aliphatic rings. The molecular weight excluding hydrogens is 374 g/mol. The number of likely N-dealkylation sites (tertiary alicyclic amines) is 1. The standard InChI is InChI=1S/C17H26F2N6OS/c18-17(19)7-10-25(11-17)13-5-8-24(9-6-13)16-23-22-15(27-16)21-14(26)20-12-3-1-2-4-12/h12-13H,1-11H2,(H2,20,21,22,26). The normalized spacial score (nSPS) is 24.4. The van der Waals surface area contributed by atoms with E-state index in [4.69, 9.17) is 0 Å². The van der Waals surface area contributed by atoms with Crippen LogP contribution in [0.2, 0.25) is 0 Å². The van der Waals surface area contributed by atoms with E-state index >= 15 is 0 Å². The number of rotatable bonds is 4. The number of carbonyl (C=O) groups excluding carboxylic acids is 1. The number of nitrogens with one attached hydrogen (secondary N) is 2. The van der Waals surface area contributed by atoms with Gasteiger partial charge in [-0.05, 0) is 25.7 Å². The third-order valence-corrected chi connectivity index (χ3v) is 6.68. The first-order chi connectivity index (χ1) is 13.0. The Balaban J connectivity index is 1.25. The first-order valence-corrected chi connectivity index (χ1v) is 10.6. The highest BCUT2D eigenvalue weighted by molar-refractivity contribution is 7.19. The predicted octanol–water partition coefficient (Wildman–Crippen LogP) is 2.91. The second-order valence-electron chi connectivity index (χ2n) is 7.76. The summed E-state index contributed by atoms with van der Waals surface area (Å²) < 4.78 is 26.8. The van der Waals surface area contributed by atoms with Gasteiger partial charge in [0.1, 0.15) is 0 Å². The number of halogens is 2. The number of nitrogens with zero attached hydrogens (tertiary/aromatic N) is 4. The van der Waals surface area contributed by atoms with Gasteiger partial charge in [0.2, 0.25) is 10.3 Å². The van der Waals surface area contributed by atoms with Gasteiger partial charge in [0.05, 0.1) is 6.54 Å². The van der Waals surface area contributed by atoms with E-state index in [9.17, 15) is 13.6 Å². The van der Waals surface area contributed by atoms with Crippen LogP contribution in [0.1, 0.15) is 44.9 Å². The van der Waals surface area contributed by atoms with E-state index < -0.39 is 5.92 Å². The molecule has 2 amide bonds. The molecule has 2 N–H and O–H groups in total. The van der Waals surface area contributed by atoms with Crippen molar-refractivity contribution in [3.63, 3.8) is 0 Å². The van der Waals surface area contributed by atoms with E-state index in [1.54, 1.807) is 0 Å². The Morgan fingerprint density at radius 2 is 1.85 bits per heavy atom. The van der Waals surface area contributed by atoms with Crippen molar-refractivity contribution in [1.82, 2.24) is 20.4 Å². The van der Waals surface area contributed by atoms with Gasteiger partial charge >= 0.3 is 6.03 Å². The lowest BCUT2D eigenvalue weighted by Gasteiger charge is -2.36. The Bertz CT molecular complexity index is 658. The topological polar surface area (TPSA) is 73.4 Å². The summed E-state index contributed by atoms with van der Waals surface area (Å²) in [6.07, 6.45) is 6.07. The molecule has 27 heavy (non-hydrogen) atoms. The van der Waals surface area contributed by atoms with Crippen LogP contribution in [0, 0.1) is 0 Å². The molecule has 150 valence electrons. The number of anilines is 2. The second kappa shape index (κ2) is 7.83. The number of urea groups is 1. The molecule has 3 heterocycles. The van der Waals surface area contributed by atoms with Crippen molar-refractivity contribution < 1.29 is 13.6 Å². The maximum Gasteiger partial charge on any atom is 0.321 e. The Morgan fingerprint density at radius 3 is 2.52 bits per heavy atom. The van der Waals surface area contributed by atoms with Crippen molar-refractivity contribution in [2.75, 3.05) is 36.4 Å². The van der Waals surface area contributed by atoms with Crippen LogP contribution in [0.25, 0.3) is 0 Å². The number of carbonyl (C=O) groups is 1. The smallest absolute Gasteiger partial charge is 0.321 e. The number of piperidine rings is 1. The van der Waals surface area contributed by atoms with Crippen molar-refractivity contribution in [3.05, 3.63) is 0 Å². The lowest BCUT2D eigenvalue weighted by atomic mass is 10.0. The van der Waals surface area contributed by atoms with Gasteiger partial charge in [-0.2, -0.15) is 0 Å². The average molecular weight is 400 g/mol. The molecule has 1 aromatic heterocycles. The molecule has 4 rings (SSSR count). The maximum absolute atomic E-state index is 13.4. The zero-order valence-corrected chi connectivity index (χ0v) is 16.1. The van der Waals surface area contributed by atoms with Crippen LogP contribution in [0.5, 0.6) is 0 Å². The maximum atomic E-state index is 13.4. The van der Waals surface area contributed by atoms with Crippen LogP contribution < -0.4 is 15.5 Å². The molecule has 2 saturated heterocycles. The summed E-state index contributed by atoms with van der Waals surface area (Å²) in [5.41, 5.74) is 0. The molecule has 0 atom stereocenters. The first-order valence-electron chi connectivity index (χ1n) is 9.76. The fraction of sp³-hybridized carbons (Fsp3) is 0.824. The zero-order chi connectivity index (χ0) is 18.9. The largest absolute Gasteiger partial charge is 0.346 e. The van der Waals surface area contributed by atoms with Crippen molar-refractivity contribution in [3.8, 4) is 0 Å². The Kier molecular flexibility index (Phi) is 5.45. The van der Waals surface area contributed by atoms with E-state index in [2.05, 4.69) is 25.7 Å². The molecule has 2 aliphatic heterocycles. The SMILES string of the molecule is O=C(Nc1nnc(N2CCC(N3CCC(F)(F)C3)CC2)s1)NC1CCCC1. The third-order valence-electron chi connectivity index (χ3n) is 5.78. The van der Waals surface area contributed by atoms with Gasteiger partial charge in [0.15, 0.2) is 0 Å². The Morgan fingerprint density at radius 1 is 1.11 bits per heavy atom. The minimum atomic E-state index is -2.53. The van der Waals surface area contributed by atoms with Crippen LogP contribution in [-0.2, 0) is 0 Å². The summed E-state index contributed by atoms with van der Waals surface area (Å²) >= 11 is 1.36. The highest BCUT2D eigenvalue weighted by atomic mass is 32.1. The van der Waals surface area contributed by atoms with Gasteiger partial charge < -0.3 is 10.2 Å². The van der Waals surface area contributed by atoms with Gasteiger partial charge in [-0.15, -0.1) is 10.2 Å². The number of hydrogen-bond donors (Lipinski definition) is 2. The molecule has 0 spiro atoms. The third kappa shape index (κ3) is 4.66. The van der Waals surface area contributed by atoms with Crippen molar-refractivity contribution in [1.29, 1.82) is 0 Å². The van der Waals surface area contributed by atoms with Gasteiger partial charge in [-0.25, -0.2) is 13.6 Å². The molecule has 1 aromatic rings. The highest BCUT2D eigenvalue weighted by Gasteiger charge is 2.41. The lowest BCUT2D eigenvalue weighted by Crippen LogP contribution is -2.44. The second-order valence-corrected chi connectivity index (χ2v) is 8.72. The molecule has 1 aliphatic carbocycles. The molecule has 10 heteroatoms. The fourth-order valence-electron chi connectivity index (χ4n) is 4.28. The van der Waals surface area contributed by atoms with E-state index in [1.165, 1.54) is 24.2 Å². The van der Waals surface area contributed by atoms with Gasteiger partial charge in [0.25, 0.3) is 5.92 Å². The fourth-order valence-corrected chi connectivity index (χ4v) is 5.07. The van der Waals surface area contributed by atoms with E-state index in [-0.39, 0.29) is 31.1 Å². The number of amides is 2. The summed E-state index contributed by atoms with van der Waals surface area (Å²) in [7, 11) is 0. The van der Waals surface area contributed by atoms with Crippen LogP contribution in [0.15, 0.2) is 0 Å². The molecule has 3 fully saturated rings. The Labute approximate surface area is 161 Å². The molecule has 0 aromatic carbocycles. The Hall–Kier alpha value is -1.55. The van der Waals surface area contributed by atoms with Crippen molar-refractivity contribution >= 4 is 27.6 Å². The van der Waals surface area contributed by atoms with Gasteiger partial charge in [0, 0.05) is 38.1 Å². The van der Waals surface area contributed by atoms with E-state index in [1.807, 2.05) is 4.90 Å².